The van der Waals surface area contributed by atoms with Crippen molar-refractivity contribution in [1.82, 2.24) is 4.90 Å². The van der Waals surface area contributed by atoms with Gasteiger partial charge in [0, 0.05) is 0 Å². The van der Waals surface area contributed by atoms with Crippen molar-refractivity contribution in [2.24, 2.45) is 0 Å². The predicted molar refractivity (Wildman–Crippen MR) is 55.7 cm³/mol. The standard InChI is InChI=1S/C12H9NO6/c1-5(11(16)17)13-9(14)7-3-2-6(12(18)19)4-8(7)10(13)15/h2-5H,1H3,(H,16,17)(H,18,19)/p-2. The smallest absolute Gasteiger partial charge is 0.262 e. The van der Waals surface area contributed by atoms with Crippen LogP contribution in [-0.4, -0.2) is 34.7 Å². The number of hydrogen-bond donors (Lipinski definition) is 0. The molecule has 1 aromatic rings. The number of carbonyl (C=O) groups is 4. The first kappa shape index (κ1) is 12.7. The van der Waals surface area contributed by atoms with Gasteiger partial charge in [0.15, 0.2) is 0 Å². The van der Waals surface area contributed by atoms with E-state index in [2.05, 4.69) is 0 Å². The summed E-state index contributed by atoms with van der Waals surface area (Å²) in [6, 6.07) is 1.83. The summed E-state index contributed by atoms with van der Waals surface area (Å²) in [5.41, 5.74) is -0.453. The molecule has 1 atom stereocenters. The van der Waals surface area contributed by atoms with Crippen molar-refractivity contribution in [3.63, 3.8) is 0 Å². The number of rotatable bonds is 3. The fraction of sp³-hybridized carbons (Fsp3) is 0.167. The van der Waals surface area contributed by atoms with Gasteiger partial charge in [-0.05, 0) is 24.6 Å². The number of aromatic carboxylic acids is 1. The fourth-order valence-corrected chi connectivity index (χ4v) is 1.84. The van der Waals surface area contributed by atoms with E-state index in [1.807, 2.05) is 0 Å². The van der Waals surface area contributed by atoms with Crippen LogP contribution in [-0.2, 0) is 4.79 Å². The van der Waals surface area contributed by atoms with Gasteiger partial charge < -0.3 is 19.8 Å². The first-order valence-corrected chi connectivity index (χ1v) is 5.28. The number of carbonyl (C=O) groups excluding carboxylic acids is 4. The van der Waals surface area contributed by atoms with Crippen LogP contribution in [0.4, 0.5) is 0 Å². The highest BCUT2D eigenvalue weighted by Gasteiger charge is 2.38. The van der Waals surface area contributed by atoms with E-state index >= 15 is 0 Å². The average Bonchev–Trinajstić information content (AvgIpc) is 2.60. The highest BCUT2D eigenvalue weighted by atomic mass is 16.4. The van der Waals surface area contributed by atoms with E-state index in [1.165, 1.54) is 0 Å². The molecule has 0 fully saturated rings. The van der Waals surface area contributed by atoms with Gasteiger partial charge in [0.1, 0.15) is 0 Å². The summed E-state index contributed by atoms with van der Waals surface area (Å²) in [5.74, 6) is -4.72. The molecule has 2 rings (SSSR count). The Hall–Kier alpha value is -2.70. The molecule has 0 aliphatic carbocycles. The number of carboxylic acids is 2. The minimum Gasteiger partial charge on any atom is -0.548 e. The van der Waals surface area contributed by atoms with E-state index in [1.54, 1.807) is 0 Å². The molecule has 7 heteroatoms. The van der Waals surface area contributed by atoms with Crippen molar-refractivity contribution in [2.45, 2.75) is 13.0 Å². The van der Waals surface area contributed by atoms with Crippen LogP contribution < -0.4 is 10.2 Å². The number of hydrogen-bond acceptors (Lipinski definition) is 6. The van der Waals surface area contributed by atoms with Crippen LogP contribution in [0.2, 0.25) is 0 Å². The molecule has 0 saturated carbocycles. The molecule has 0 radical (unpaired) electrons. The minimum absolute atomic E-state index is 0.0388. The highest BCUT2D eigenvalue weighted by Crippen LogP contribution is 2.25. The Labute approximate surface area is 107 Å². The quantitative estimate of drug-likeness (QED) is 0.569. The molecule has 19 heavy (non-hydrogen) atoms. The summed E-state index contributed by atoms with van der Waals surface area (Å²) in [6.07, 6.45) is 0. The molecule has 1 aliphatic heterocycles. The number of fused-ring (bicyclic) bond motifs is 1. The van der Waals surface area contributed by atoms with E-state index in [0.29, 0.717) is 4.90 Å². The summed E-state index contributed by atoms with van der Waals surface area (Å²) in [6.45, 7) is 1.14. The van der Waals surface area contributed by atoms with Crippen LogP contribution in [0, 0.1) is 0 Å². The number of carboxylic acid groups (broad SMARTS) is 2. The summed E-state index contributed by atoms with van der Waals surface area (Å²) >= 11 is 0. The molecule has 1 unspecified atom stereocenters. The number of amides is 2. The van der Waals surface area contributed by atoms with E-state index in [0.717, 1.165) is 25.1 Å². The normalized spacial score (nSPS) is 15.3. The Bertz CT molecular complexity index is 621. The first-order valence-electron chi connectivity index (χ1n) is 5.28. The molecule has 1 heterocycles. The number of nitrogens with zero attached hydrogens (tertiary/aromatic N) is 1. The second kappa shape index (κ2) is 4.20. The third kappa shape index (κ3) is 1.85. The van der Waals surface area contributed by atoms with Crippen molar-refractivity contribution in [1.29, 1.82) is 0 Å². The zero-order valence-electron chi connectivity index (χ0n) is 9.71. The maximum absolute atomic E-state index is 11.9. The van der Waals surface area contributed by atoms with Crippen LogP contribution in [0.5, 0.6) is 0 Å². The van der Waals surface area contributed by atoms with E-state index in [9.17, 15) is 29.4 Å². The van der Waals surface area contributed by atoms with Crippen LogP contribution >= 0.6 is 0 Å². The van der Waals surface area contributed by atoms with Crippen LogP contribution in [0.15, 0.2) is 18.2 Å². The third-order valence-corrected chi connectivity index (χ3v) is 2.88. The van der Waals surface area contributed by atoms with Crippen molar-refractivity contribution in [3.8, 4) is 0 Å². The lowest BCUT2D eigenvalue weighted by Crippen LogP contribution is -2.48. The van der Waals surface area contributed by atoms with Gasteiger partial charge in [-0.25, -0.2) is 0 Å². The molecule has 1 aromatic carbocycles. The maximum Gasteiger partial charge on any atom is 0.262 e. The molecule has 0 bridgehead atoms. The number of aliphatic carboxylic acids is 1. The lowest BCUT2D eigenvalue weighted by Gasteiger charge is -2.22. The summed E-state index contributed by atoms with van der Waals surface area (Å²) in [5, 5.41) is 21.4. The van der Waals surface area contributed by atoms with Crippen molar-refractivity contribution in [3.05, 3.63) is 34.9 Å². The van der Waals surface area contributed by atoms with Gasteiger partial charge in [-0.15, -0.1) is 0 Å². The van der Waals surface area contributed by atoms with E-state index in [-0.39, 0.29) is 16.7 Å². The molecule has 0 aromatic heterocycles. The Morgan fingerprint density at radius 2 is 1.68 bits per heavy atom. The van der Waals surface area contributed by atoms with Crippen LogP contribution in [0.3, 0.4) is 0 Å². The second-order valence-corrected chi connectivity index (χ2v) is 4.02. The van der Waals surface area contributed by atoms with Gasteiger partial charge in [0.05, 0.1) is 29.1 Å². The van der Waals surface area contributed by atoms with Gasteiger partial charge in [0.25, 0.3) is 11.8 Å². The Morgan fingerprint density at radius 3 is 2.21 bits per heavy atom. The van der Waals surface area contributed by atoms with Gasteiger partial charge >= 0.3 is 0 Å². The molecule has 7 nitrogen and oxygen atoms in total. The highest BCUT2D eigenvalue weighted by molar-refractivity contribution is 6.23. The fourth-order valence-electron chi connectivity index (χ4n) is 1.84. The zero-order chi connectivity index (χ0) is 14.3. The topological polar surface area (TPSA) is 118 Å². The monoisotopic (exact) mass is 261 g/mol. The molecule has 2 amide bonds. The molecule has 0 spiro atoms. The van der Waals surface area contributed by atoms with Gasteiger partial charge in [-0.1, -0.05) is 6.07 Å². The molecular weight excluding hydrogens is 254 g/mol. The van der Waals surface area contributed by atoms with Crippen molar-refractivity contribution < 1.29 is 29.4 Å². The summed E-state index contributed by atoms with van der Waals surface area (Å²) in [4.78, 5) is 45.8. The molecule has 1 aliphatic rings. The maximum atomic E-state index is 11.9. The third-order valence-electron chi connectivity index (χ3n) is 2.88. The summed E-state index contributed by atoms with van der Waals surface area (Å²) in [7, 11) is 0. The SMILES string of the molecule is CC(C(=O)[O-])N1C(=O)c2ccc(C(=O)[O-])cc2C1=O. The molecule has 98 valence electrons. The van der Waals surface area contributed by atoms with Crippen molar-refractivity contribution in [2.75, 3.05) is 0 Å². The summed E-state index contributed by atoms with van der Waals surface area (Å²) < 4.78 is 0. The lowest BCUT2D eigenvalue weighted by atomic mass is 10.1. The van der Waals surface area contributed by atoms with Gasteiger partial charge in [-0.2, -0.15) is 0 Å². The zero-order valence-corrected chi connectivity index (χ0v) is 9.71. The van der Waals surface area contributed by atoms with Gasteiger partial charge in [0.2, 0.25) is 0 Å². The largest absolute Gasteiger partial charge is 0.548 e. The molecule has 0 saturated heterocycles. The first-order chi connectivity index (χ1) is 8.84. The molecular formula is C12H7NO6-2. The van der Waals surface area contributed by atoms with E-state index in [4.69, 9.17) is 0 Å². The lowest BCUT2D eigenvalue weighted by molar-refractivity contribution is -0.309. The van der Waals surface area contributed by atoms with Crippen LogP contribution in [0.1, 0.15) is 38.0 Å². The number of imide groups is 1. The van der Waals surface area contributed by atoms with Gasteiger partial charge in [-0.3, -0.25) is 14.5 Å². The van der Waals surface area contributed by atoms with E-state index < -0.39 is 29.8 Å². The predicted octanol–water partition coefficient (Wildman–Crippen LogP) is -2.22. The Kier molecular flexibility index (Phi) is 2.82. The minimum atomic E-state index is -1.57. The Balaban J connectivity index is 2.50. The van der Waals surface area contributed by atoms with Crippen LogP contribution in [0.25, 0.3) is 0 Å². The molecule has 0 N–H and O–H groups in total. The van der Waals surface area contributed by atoms with Crippen molar-refractivity contribution >= 4 is 23.8 Å². The average molecular weight is 261 g/mol. The second-order valence-electron chi connectivity index (χ2n) is 4.02. The number of benzene rings is 1. The Morgan fingerprint density at radius 1 is 1.11 bits per heavy atom.